The van der Waals surface area contributed by atoms with Crippen LogP contribution >= 0.6 is 0 Å². The minimum atomic E-state index is -0.192. The number of likely N-dealkylation sites (tertiary alicyclic amines) is 1. The van der Waals surface area contributed by atoms with E-state index >= 15 is 0 Å². The van der Waals surface area contributed by atoms with Crippen molar-refractivity contribution in [1.82, 2.24) is 25.1 Å². The van der Waals surface area contributed by atoms with Crippen LogP contribution in [0.25, 0.3) is 0 Å². The van der Waals surface area contributed by atoms with Crippen LogP contribution in [0, 0.1) is 11.8 Å². The largest absolute Gasteiger partial charge is 0.467 e. The molecule has 2 N–H and O–H groups in total. The summed E-state index contributed by atoms with van der Waals surface area (Å²) in [6.07, 6.45) is 4.20. The van der Waals surface area contributed by atoms with E-state index in [4.69, 9.17) is 10.2 Å². The van der Waals surface area contributed by atoms with E-state index in [1.807, 2.05) is 16.8 Å². The van der Waals surface area contributed by atoms with Gasteiger partial charge in [-0.15, -0.1) is 5.10 Å². The average molecular weight is 346 g/mol. The van der Waals surface area contributed by atoms with E-state index in [9.17, 15) is 4.79 Å². The predicted molar refractivity (Wildman–Crippen MR) is 91.3 cm³/mol. The molecule has 0 spiro atoms. The first-order valence-corrected chi connectivity index (χ1v) is 8.86. The number of tetrazole rings is 1. The normalized spacial score (nSPS) is 17.9. The van der Waals surface area contributed by atoms with E-state index < -0.39 is 0 Å². The van der Waals surface area contributed by atoms with Gasteiger partial charge in [0.15, 0.2) is 5.82 Å². The van der Waals surface area contributed by atoms with Gasteiger partial charge in [0.1, 0.15) is 12.3 Å². The smallest absolute Gasteiger partial charge is 0.220 e. The van der Waals surface area contributed by atoms with Crippen molar-refractivity contribution in [2.75, 3.05) is 13.1 Å². The van der Waals surface area contributed by atoms with Gasteiger partial charge >= 0.3 is 0 Å². The van der Waals surface area contributed by atoms with Crippen molar-refractivity contribution in [2.45, 2.75) is 45.7 Å². The van der Waals surface area contributed by atoms with E-state index in [1.54, 1.807) is 6.26 Å². The summed E-state index contributed by atoms with van der Waals surface area (Å²) < 4.78 is 7.24. The van der Waals surface area contributed by atoms with E-state index in [1.165, 1.54) is 0 Å². The number of aromatic nitrogens is 4. The highest BCUT2D eigenvalue weighted by atomic mass is 16.3. The Morgan fingerprint density at radius 1 is 1.40 bits per heavy atom. The first-order valence-electron chi connectivity index (χ1n) is 8.86. The van der Waals surface area contributed by atoms with Crippen LogP contribution in [0.1, 0.15) is 50.7 Å². The summed E-state index contributed by atoms with van der Waals surface area (Å²) >= 11 is 0. The Hall–Kier alpha value is -2.22. The van der Waals surface area contributed by atoms with Crippen LogP contribution in [-0.4, -0.2) is 44.1 Å². The number of nitrogens with zero attached hydrogens (tertiary/aromatic N) is 5. The highest BCUT2D eigenvalue weighted by molar-refractivity contribution is 5.76. The average Bonchev–Trinajstić information content (AvgIpc) is 3.25. The van der Waals surface area contributed by atoms with Gasteiger partial charge < -0.3 is 10.2 Å². The van der Waals surface area contributed by atoms with Crippen LogP contribution < -0.4 is 5.73 Å². The lowest BCUT2D eigenvalue weighted by Crippen LogP contribution is -2.41. The molecule has 136 valence electrons. The number of amides is 1. The maximum absolute atomic E-state index is 11.4. The third-order valence-corrected chi connectivity index (χ3v) is 4.81. The number of hydrogen-bond donors (Lipinski definition) is 1. The second kappa shape index (κ2) is 7.77. The first kappa shape index (κ1) is 17.6. The maximum atomic E-state index is 11.4. The van der Waals surface area contributed by atoms with Crippen molar-refractivity contribution in [2.24, 2.45) is 17.6 Å². The van der Waals surface area contributed by atoms with Crippen LogP contribution in [-0.2, 0) is 11.3 Å². The molecule has 1 aliphatic rings. The molecule has 0 aromatic carbocycles. The van der Waals surface area contributed by atoms with Crippen molar-refractivity contribution in [1.29, 1.82) is 0 Å². The zero-order chi connectivity index (χ0) is 17.8. The maximum Gasteiger partial charge on any atom is 0.220 e. The quantitative estimate of drug-likeness (QED) is 0.817. The molecule has 0 radical (unpaired) electrons. The van der Waals surface area contributed by atoms with Gasteiger partial charge in [0.25, 0.3) is 0 Å². The van der Waals surface area contributed by atoms with E-state index in [2.05, 4.69) is 34.3 Å². The van der Waals surface area contributed by atoms with Crippen LogP contribution in [0.2, 0.25) is 0 Å². The van der Waals surface area contributed by atoms with Crippen molar-refractivity contribution in [3.63, 3.8) is 0 Å². The minimum Gasteiger partial charge on any atom is -0.467 e. The van der Waals surface area contributed by atoms with E-state index in [-0.39, 0.29) is 17.9 Å². The molecule has 3 rings (SSSR count). The van der Waals surface area contributed by atoms with E-state index in [0.717, 1.165) is 43.9 Å². The van der Waals surface area contributed by atoms with Gasteiger partial charge in [-0.25, -0.2) is 4.68 Å². The summed E-state index contributed by atoms with van der Waals surface area (Å²) in [5, 5.41) is 12.3. The molecule has 1 amide bonds. The Labute approximate surface area is 147 Å². The van der Waals surface area contributed by atoms with Crippen LogP contribution in [0.15, 0.2) is 22.8 Å². The molecule has 8 nitrogen and oxygen atoms in total. The minimum absolute atomic E-state index is 0.0185. The summed E-state index contributed by atoms with van der Waals surface area (Å²) in [6.45, 7) is 6.58. The molecule has 0 aliphatic carbocycles. The second-order valence-electron chi connectivity index (χ2n) is 7.13. The van der Waals surface area contributed by atoms with Crippen molar-refractivity contribution >= 4 is 5.91 Å². The Morgan fingerprint density at radius 2 is 2.16 bits per heavy atom. The van der Waals surface area contributed by atoms with Gasteiger partial charge in [-0.05, 0) is 60.8 Å². The first-order chi connectivity index (χ1) is 12.0. The summed E-state index contributed by atoms with van der Waals surface area (Å²) in [5.74, 6) is 1.97. The lowest BCUT2D eigenvalue weighted by molar-refractivity contribution is -0.123. The van der Waals surface area contributed by atoms with Crippen molar-refractivity contribution in [3.8, 4) is 0 Å². The monoisotopic (exact) mass is 346 g/mol. The molecule has 3 heterocycles. The molecule has 2 aromatic heterocycles. The van der Waals surface area contributed by atoms with Gasteiger partial charge in [0, 0.05) is 5.92 Å². The fraction of sp³-hybridized carbons (Fsp3) is 0.647. The highest BCUT2D eigenvalue weighted by Crippen LogP contribution is 2.30. The second-order valence-corrected chi connectivity index (χ2v) is 7.13. The zero-order valence-corrected chi connectivity index (χ0v) is 14.8. The number of primary amides is 1. The summed E-state index contributed by atoms with van der Waals surface area (Å²) in [4.78, 5) is 13.8. The standard InChI is InChI=1S/C17H26N6O2/c1-12(2)10-15(22-7-5-13(6-8-22)16(18)24)17-19-20-21-23(17)11-14-4-3-9-25-14/h3-4,9,12-13,15H,5-8,10-11H2,1-2H3,(H2,18,24)/t15-/m1/s1. The number of nitrogens with two attached hydrogens (primary N) is 1. The molecule has 1 aliphatic heterocycles. The van der Waals surface area contributed by atoms with Crippen LogP contribution in [0.3, 0.4) is 0 Å². The zero-order valence-electron chi connectivity index (χ0n) is 14.8. The number of furan rings is 1. The van der Waals surface area contributed by atoms with Gasteiger partial charge in [-0.3, -0.25) is 9.69 Å². The van der Waals surface area contributed by atoms with E-state index in [0.29, 0.717) is 12.5 Å². The van der Waals surface area contributed by atoms with Crippen molar-refractivity contribution < 1.29 is 9.21 Å². The van der Waals surface area contributed by atoms with Gasteiger partial charge in [-0.1, -0.05) is 13.8 Å². The fourth-order valence-electron chi connectivity index (χ4n) is 3.47. The number of carbonyl (C=O) groups excluding carboxylic acids is 1. The Bertz CT molecular complexity index is 673. The molecule has 1 fully saturated rings. The number of hydrogen-bond acceptors (Lipinski definition) is 6. The summed E-state index contributed by atoms with van der Waals surface area (Å²) in [5.41, 5.74) is 5.46. The highest BCUT2D eigenvalue weighted by Gasteiger charge is 2.31. The molecule has 2 aromatic rings. The SMILES string of the molecule is CC(C)C[C@H](c1nnnn1Cc1ccco1)N1CCC(C(N)=O)CC1. The molecule has 0 unspecified atom stereocenters. The van der Waals surface area contributed by atoms with Crippen molar-refractivity contribution in [3.05, 3.63) is 30.0 Å². The summed E-state index contributed by atoms with van der Waals surface area (Å²) in [7, 11) is 0. The lowest BCUT2D eigenvalue weighted by atomic mass is 9.93. The molecular formula is C17H26N6O2. The van der Waals surface area contributed by atoms with Gasteiger partial charge in [0.05, 0.1) is 12.3 Å². The molecule has 25 heavy (non-hydrogen) atoms. The molecule has 0 saturated carbocycles. The van der Waals surface area contributed by atoms with Gasteiger partial charge in [0.2, 0.25) is 5.91 Å². The summed E-state index contributed by atoms with van der Waals surface area (Å²) in [6, 6.07) is 3.90. The lowest BCUT2D eigenvalue weighted by Gasteiger charge is -2.36. The van der Waals surface area contributed by atoms with Crippen LogP contribution in [0.5, 0.6) is 0 Å². The van der Waals surface area contributed by atoms with Gasteiger partial charge in [-0.2, -0.15) is 0 Å². The van der Waals surface area contributed by atoms with Crippen LogP contribution in [0.4, 0.5) is 0 Å². The third-order valence-electron chi connectivity index (χ3n) is 4.81. The molecule has 0 bridgehead atoms. The Balaban J connectivity index is 1.77. The molecule has 1 saturated heterocycles. The number of piperidine rings is 1. The number of carbonyl (C=O) groups is 1. The third kappa shape index (κ3) is 4.25. The fourth-order valence-corrected chi connectivity index (χ4v) is 3.47. The Kier molecular flexibility index (Phi) is 5.47. The molecule has 1 atom stereocenters. The topological polar surface area (TPSA) is 103 Å². The molecule has 8 heteroatoms. The molecular weight excluding hydrogens is 320 g/mol. The Morgan fingerprint density at radius 3 is 2.76 bits per heavy atom. The predicted octanol–water partition coefficient (Wildman–Crippen LogP) is 1.60. The number of rotatable bonds is 7.